The Labute approximate surface area is 118 Å². The SMILES string of the molecule is CS(=O)(=O)c1cccc(NCCCn2ccnc2)c1N. The normalized spacial score (nSPS) is 11.4. The minimum atomic E-state index is -3.30. The number of aromatic nitrogens is 2. The fraction of sp³-hybridized carbons (Fsp3) is 0.308. The number of imidazole rings is 1. The Morgan fingerprint density at radius 1 is 1.40 bits per heavy atom. The Bertz CT molecular complexity index is 666. The van der Waals surface area contributed by atoms with Crippen LogP contribution in [-0.2, 0) is 16.4 Å². The number of benzene rings is 1. The van der Waals surface area contributed by atoms with Crippen molar-refractivity contribution in [3.05, 3.63) is 36.9 Å². The molecule has 6 nitrogen and oxygen atoms in total. The molecule has 0 bridgehead atoms. The number of rotatable bonds is 6. The lowest BCUT2D eigenvalue weighted by Gasteiger charge is -2.12. The fourth-order valence-electron chi connectivity index (χ4n) is 1.93. The molecule has 1 aromatic carbocycles. The van der Waals surface area contributed by atoms with Gasteiger partial charge in [0.15, 0.2) is 9.84 Å². The maximum Gasteiger partial charge on any atom is 0.177 e. The molecule has 0 spiro atoms. The van der Waals surface area contributed by atoms with E-state index in [2.05, 4.69) is 10.3 Å². The summed E-state index contributed by atoms with van der Waals surface area (Å²) >= 11 is 0. The van der Waals surface area contributed by atoms with Gasteiger partial charge in [0.2, 0.25) is 0 Å². The van der Waals surface area contributed by atoms with Crippen LogP contribution in [0, 0.1) is 0 Å². The Kier molecular flexibility index (Phi) is 4.29. The van der Waals surface area contributed by atoms with Crippen molar-refractivity contribution < 1.29 is 8.42 Å². The van der Waals surface area contributed by atoms with Crippen LogP contribution in [-0.4, -0.2) is 30.8 Å². The van der Waals surface area contributed by atoms with Crippen molar-refractivity contribution in [2.24, 2.45) is 0 Å². The molecule has 2 rings (SSSR count). The number of nitrogen functional groups attached to an aromatic ring is 1. The van der Waals surface area contributed by atoms with Gasteiger partial charge in [0.05, 0.1) is 22.6 Å². The molecule has 1 heterocycles. The summed E-state index contributed by atoms with van der Waals surface area (Å²) in [6, 6.07) is 4.98. The van der Waals surface area contributed by atoms with E-state index in [1.54, 1.807) is 24.7 Å². The second-order valence-electron chi connectivity index (χ2n) is 4.57. The molecule has 0 amide bonds. The topological polar surface area (TPSA) is 90.0 Å². The Morgan fingerprint density at radius 2 is 2.20 bits per heavy atom. The maximum absolute atomic E-state index is 11.6. The second kappa shape index (κ2) is 5.96. The number of nitrogens with zero attached hydrogens (tertiary/aromatic N) is 2. The first-order chi connectivity index (χ1) is 9.48. The van der Waals surface area contributed by atoms with E-state index < -0.39 is 9.84 Å². The van der Waals surface area contributed by atoms with E-state index >= 15 is 0 Å². The lowest BCUT2D eigenvalue weighted by molar-refractivity contribution is 0.602. The zero-order chi connectivity index (χ0) is 14.6. The predicted molar refractivity (Wildman–Crippen MR) is 79.3 cm³/mol. The van der Waals surface area contributed by atoms with Crippen LogP contribution in [0.1, 0.15) is 6.42 Å². The molecule has 0 aliphatic carbocycles. The molecule has 108 valence electrons. The monoisotopic (exact) mass is 294 g/mol. The third-order valence-corrected chi connectivity index (χ3v) is 4.09. The molecular formula is C13H18N4O2S. The Morgan fingerprint density at radius 3 is 2.85 bits per heavy atom. The van der Waals surface area contributed by atoms with Crippen LogP contribution in [0.3, 0.4) is 0 Å². The number of hydrogen-bond donors (Lipinski definition) is 2. The molecule has 0 atom stereocenters. The van der Waals surface area contributed by atoms with Gasteiger partial charge in [-0.05, 0) is 18.6 Å². The van der Waals surface area contributed by atoms with Crippen molar-refractivity contribution in [3.8, 4) is 0 Å². The van der Waals surface area contributed by atoms with Gasteiger partial charge < -0.3 is 15.6 Å². The third-order valence-electron chi connectivity index (χ3n) is 2.93. The van der Waals surface area contributed by atoms with Gasteiger partial charge in [-0.2, -0.15) is 0 Å². The summed E-state index contributed by atoms with van der Waals surface area (Å²) < 4.78 is 25.1. The van der Waals surface area contributed by atoms with Crippen LogP contribution in [0.5, 0.6) is 0 Å². The first-order valence-corrected chi connectivity index (χ1v) is 8.16. The summed E-state index contributed by atoms with van der Waals surface area (Å²) in [7, 11) is -3.30. The number of para-hydroxylation sites is 1. The summed E-state index contributed by atoms with van der Waals surface area (Å²) in [6.45, 7) is 1.55. The zero-order valence-electron chi connectivity index (χ0n) is 11.3. The van der Waals surface area contributed by atoms with Crippen molar-refractivity contribution in [1.29, 1.82) is 0 Å². The predicted octanol–water partition coefficient (Wildman–Crippen LogP) is 1.37. The van der Waals surface area contributed by atoms with Crippen LogP contribution in [0.2, 0.25) is 0 Å². The van der Waals surface area contributed by atoms with E-state index in [1.807, 2.05) is 10.8 Å². The number of anilines is 2. The van der Waals surface area contributed by atoms with E-state index in [4.69, 9.17) is 5.73 Å². The van der Waals surface area contributed by atoms with Gasteiger partial charge in [-0.25, -0.2) is 13.4 Å². The summed E-state index contributed by atoms with van der Waals surface area (Å²) in [5, 5.41) is 3.16. The third kappa shape index (κ3) is 3.51. The summed E-state index contributed by atoms with van der Waals surface area (Å²) in [6.07, 6.45) is 7.44. The molecule has 0 saturated heterocycles. The second-order valence-corrected chi connectivity index (χ2v) is 6.55. The van der Waals surface area contributed by atoms with Crippen molar-refractivity contribution in [3.63, 3.8) is 0 Å². The Hall–Kier alpha value is -2.02. The number of nitrogens with one attached hydrogen (secondary N) is 1. The smallest absolute Gasteiger partial charge is 0.177 e. The molecule has 0 radical (unpaired) electrons. The van der Waals surface area contributed by atoms with Gasteiger partial charge in [-0.3, -0.25) is 0 Å². The molecule has 3 N–H and O–H groups in total. The molecule has 1 aromatic heterocycles. The number of nitrogens with two attached hydrogens (primary N) is 1. The molecule has 20 heavy (non-hydrogen) atoms. The molecule has 7 heteroatoms. The molecule has 0 unspecified atom stereocenters. The highest BCUT2D eigenvalue weighted by Gasteiger charge is 2.13. The number of aryl methyl sites for hydroxylation is 1. The van der Waals surface area contributed by atoms with Gasteiger partial charge in [-0.1, -0.05) is 6.07 Å². The van der Waals surface area contributed by atoms with Crippen molar-refractivity contribution in [2.75, 3.05) is 23.9 Å². The van der Waals surface area contributed by atoms with Crippen LogP contribution < -0.4 is 11.1 Å². The number of hydrogen-bond acceptors (Lipinski definition) is 5. The minimum Gasteiger partial charge on any atom is -0.396 e. The number of sulfone groups is 1. The molecule has 2 aromatic rings. The van der Waals surface area contributed by atoms with E-state index in [0.717, 1.165) is 19.2 Å². The van der Waals surface area contributed by atoms with Crippen LogP contribution in [0.25, 0.3) is 0 Å². The average molecular weight is 294 g/mol. The van der Waals surface area contributed by atoms with Gasteiger partial charge in [-0.15, -0.1) is 0 Å². The van der Waals surface area contributed by atoms with Crippen molar-refractivity contribution >= 4 is 21.2 Å². The van der Waals surface area contributed by atoms with Gasteiger partial charge in [0.25, 0.3) is 0 Å². The van der Waals surface area contributed by atoms with E-state index in [9.17, 15) is 8.42 Å². The largest absolute Gasteiger partial charge is 0.396 e. The highest BCUT2D eigenvalue weighted by Crippen LogP contribution is 2.26. The van der Waals surface area contributed by atoms with Crippen LogP contribution in [0.15, 0.2) is 41.8 Å². The van der Waals surface area contributed by atoms with E-state index in [1.165, 1.54) is 6.07 Å². The quantitative estimate of drug-likeness (QED) is 0.620. The van der Waals surface area contributed by atoms with Gasteiger partial charge in [0, 0.05) is 31.7 Å². The van der Waals surface area contributed by atoms with Crippen molar-refractivity contribution in [2.45, 2.75) is 17.9 Å². The lowest BCUT2D eigenvalue weighted by Crippen LogP contribution is -2.10. The molecule has 0 saturated carbocycles. The molecule has 0 aliphatic heterocycles. The average Bonchev–Trinajstić information content (AvgIpc) is 2.88. The van der Waals surface area contributed by atoms with Crippen LogP contribution >= 0.6 is 0 Å². The lowest BCUT2D eigenvalue weighted by atomic mass is 10.2. The van der Waals surface area contributed by atoms with E-state index in [-0.39, 0.29) is 10.6 Å². The highest BCUT2D eigenvalue weighted by atomic mass is 32.2. The van der Waals surface area contributed by atoms with Gasteiger partial charge in [0.1, 0.15) is 0 Å². The minimum absolute atomic E-state index is 0.164. The highest BCUT2D eigenvalue weighted by molar-refractivity contribution is 7.90. The maximum atomic E-state index is 11.6. The standard InChI is InChI=1S/C13H18N4O2S/c1-20(18,19)12-5-2-4-11(13(12)14)16-6-3-8-17-9-7-15-10-17/h2,4-5,7,9-10,16H,3,6,8,14H2,1H3. The first kappa shape index (κ1) is 14.4. The van der Waals surface area contributed by atoms with Crippen LogP contribution in [0.4, 0.5) is 11.4 Å². The summed E-state index contributed by atoms with van der Waals surface area (Å²) in [4.78, 5) is 4.13. The zero-order valence-corrected chi connectivity index (χ0v) is 12.1. The molecule has 0 aliphatic rings. The van der Waals surface area contributed by atoms with Crippen molar-refractivity contribution in [1.82, 2.24) is 9.55 Å². The Balaban J connectivity index is 1.96. The molecule has 0 fully saturated rings. The fourth-order valence-corrected chi connectivity index (χ4v) is 2.76. The summed E-state index contributed by atoms with van der Waals surface area (Å²) in [5.74, 6) is 0. The first-order valence-electron chi connectivity index (χ1n) is 6.26. The summed E-state index contributed by atoms with van der Waals surface area (Å²) in [5.41, 5.74) is 6.82. The molecular weight excluding hydrogens is 276 g/mol. The van der Waals surface area contributed by atoms with Gasteiger partial charge >= 0.3 is 0 Å². The van der Waals surface area contributed by atoms with E-state index in [0.29, 0.717) is 12.2 Å².